The van der Waals surface area contributed by atoms with E-state index in [0.29, 0.717) is 42.7 Å². The molecule has 0 fully saturated rings. The summed E-state index contributed by atoms with van der Waals surface area (Å²) in [6.07, 6.45) is -0.790. The van der Waals surface area contributed by atoms with Crippen molar-refractivity contribution in [2.24, 2.45) is 4.99 Å². The highest BCUT2D eigenvalue weighted by Crippen LogP contribution is 2.26. The van der Waals surface area contributed by atoms with Crippen LogP contribution in [0, 0.1) is 0 Å². The van der Waals surface area contributed by atoms with Crippen molar-refractivity contribution in [2.75, 3.05) is 54.6 Å². The summed E-state index contributed by atoms with van der Waals surface area (Å²) in [5, 5.41) is 13.9. The molecule has 2 aromatic rings. The molecule has 178 valence electrons. The molecule has 1 unspecified atom stereocenters. The zero-order valence-electron chi connectivity index (χ0n) is 19.3. The fraction of sp³-hybridized carbons (Fsp3) is 0.435. The third-order valence-corrected chi connectivity index (χ3v) is 4.62. The molecule has 0 saturated carbocycles. The number of hydrogen-bond acceptors (Lipinski definition) is 6. The molecule has 0 bridgehead atoms. The lowest BCUT2D eigenvalue weighted by molar-refractivity contribution is 0.185. The molecule has 0 amide bonds. The van der Waals surface area contributed by atoms with Gasteiger partial charge < -0.3 is 34.3 Å². The zero-order valence-corrected chi connectivity index (χ0v) is 21.7. The SMILES string of the molecule is CCNC(=NCC(O)c1cc(OC)cc(OC)c1)N(C)CCOc1ccc(OC)cc1.I. The third kappa shape index (κ3) is 8.62. The normalized spacial score (nSPS) is 11.8. The number of aliphatic imine (C=N–C) groups is 1. The van der Waals surface area contributed by atoms with E-state index >= 15 is 0 Å². The highest BCUT2D eigenvalue weighted by atomic mass is 127. The standard InChI is InChI=1S/C23H33N3O5.HI/c1-6-24-23(26(2)11-12-31-19-9-7-18(28-3)8-10-19)25-16-22(27)17-13-20(29-4)15-21(14-17)30-5;/h7-10,13-15,22,27H,6,11-12,16H2,1-5H3,(H,24,25);1H. The van der Waals surface area contributed by atoms with Crippen LogP contribution in [0.5, 0.6) is 23.0 Å². The lowest BCUT2D eigenvalue weighted by Gasteiger charge is -2.22. The van der Waals surface area contributed by atoms with Gasteiger partial charge in [-0.15, -0.1) is 24.0 Å². The molecular weight excluding hydrogens is 525 g/mol. The number of halogens is 1. The second-order valence-corrected chi connectivity index (χ2v) is 6.80. The number of aliphatic hydroxyl groups excluding tert-OH is 1. The second kappa shape index (κ2) is 14.6. The van der Waals surface area contributed by atoms with E-state index in [1.54, 1.807) is 39.5 Å². The molecule has 2 N–H and O–H groups in total. The number of likely N-dealkylation sites (N-methyl/N-ethyl adjacent to an activating group) is 1. The molecule has 8 nitrogen and oxygen atoms in total. The highest BCUT2D eigenvalue weighted by molar-refractivity contribution is 14.0. The molecule has 2 rings (SSSR count). The first-order valence-corrected chi connectivity index (χ1v) is 10.2. The Hall–Kier alpha value is -2.40. The van der Waals surface area contributed by atoms with Crippen LogP contribution in [0.15, 0.2) is 47.5 Å². The molecule has 0 radical (unpaired) electrons. The first-order valence-electron chi connectivity index (χ1n) is 10.2. The van der Waals surface area contributed by atoms with Gasteiger partial charge in [0.2, 0.25) is 0 Å². The van der Waals surface area contributed by atoms with Crippen LogP contribution < -0.4 is 24.3 Å². The molecule has 2 aromatic carbocycles. The Morgan fingerprint density at radius 2 is 1.53 bits per heavy atom. The van der Waals surface area contributed by atoms with E-state index in [9.17, 15) is 5.11 Å². The maximum absolute atomic E-state index is 10.6. The fourth-order valence-corrected chi connectivity index (χ4v) is 2.85. The van der Waals surface area contributed by atoms with Gasteiger partial charge in [-0.3, -0.25) is 4.99 Å². The Morgan fingerprint density at radius 1 is 0.969 bits per heavy atom. The van der Waals surface area contributed by atoms with Crippen LogP contribution in [-0.2, 0) is 0 Å². The Morgan fingerprint density at radius 3 is 2.06 bits per heavy atom. The van der Waals surface area contributed by atoms with Crippen LogP contribution in [0.1, 0.15) is 18.6 Å². The smallest absolute Gasteiger partial charge is 0.193 e. The van der Waals surface area contributed by atoms with Crippen molar-refractivity contribution >= 4 is 29.9 Å². The van der Waals surface area contributed by atoms with Crippen LogP contribution >= 0.6 is 24.0 Å². The van der Waals surface area contributed by atoms with Crippen LogP contribution in [-0.4, -0.2) is 70.6 Å². The molecule has 0 heterocycles. The van der Waals surface area contributed by atoms with E-state index in [-0.39, 0.29) is 30.5 Å². The van der Waals surface area contributed by atoms with E-state index in [0.717, 1.165) is 11.5 Å². The van der Waals surface area contributed by atoms with Gasteiger partial charge >= 0.3 is 0 Å². The predicted octanol–water partition coefficient (Wildman–Crippen LogP) is 3.34. The topological polar surface area (TPSA) is 84.8 Å². The lowest BCUT2D eigenvalue weighted by Crippen LogP contribution is -2.41. The van der Waals surface area contributed by atoms with Crippen molar-refractivity contribution in [1.82, 2.24) is 10.2 Å². The quantitative estimate of drug-likeness (QED) is 0.248. The van der Waals surface area contributed by atoms with E-state index in [1.807, 2.05) is 43.1 Å². The summed E-state index contributed by atoms with van der Waals surface area (Å²) < 4.78 is 21.5. The summed E-state index contributed by atoms with van der Waals surface area (Å²) in [4.78, 5) is 6.54. The number of ether oxygens (including phenoxy) is 4. The van der Waals surface area contributed by atoms with Gasteiger partial charge in [-0.1, -0.05) is 0 Å². The van der Waals surface area contributed by atoms with Crippen LogP contribution in [0.3, 0.4) is 0 Å². The summed E-state index contributed by atoms with van der Waals surface area (Å²) in [6.45, 7) is 4.03. The third-order valence-electron chi connectivity index (χ3n) is 4.62. The fourth-order valence-electron chi connectivity index (χ4n) is 2.85. The van der Waals surface area contributed by atoms with E-state index < -0.39 is 6.10 Å². The first kappa shape index (κ1) is 27.6. The van der Waals surface area contributed by atoms with Gasteiger partial charge in [0, 0.05) is 19.7 Å². The van der Waals surface area contributed by atoms with Crippen molar-refractivity contribution in [2.45, 2.75) is 13.0 Å². The average molecular weight is 559 g/mol. The molecule has 0 aliphatic carbocycles. The Balaban J connectivity index is 0.00000512. The first-order chi connectivity index (χ1) is 15.0. The van der Waals surface area contributed by atoms with Crippen molar-refractivity contribution in [3.63, 3.8) is 0 Å². The van der Waals surface area contributed by atoms with Gasteiger partial charge in [0.05, 0.1) is 40.5 Å². The Labute approximate surface area is 207 Å². The van der Waals surface area contributed by atoms with Gasteiger partial charge in [-0.05, 0) is 48.9 Å². The Kier molecular flexibility index (Phi) is 12.6. The molecular formula is C23H34IN3O5. The maximum atomic E-state index is 10.6. The van der Waals surface area contributed by atoms with Crippen molar-refractivity contribution < 1.29 is 24.1 Å². The maximum Gasteiger partial charge on any atom is 0.193 e. The molecule has 1 atom stereocenters. The van der Waals surface area contributed by atoms with Gasteiger partial charge in [0.25, 0.3) is 0 Å². The van der Waals surface area contributed by atoms with Crippen LogP contribution in [0.2, 0.25) is 0 Å². The van der Waals surface area contributed by atoms with Crippen molar-refractivity contribution in [3.8, 4) is 23.0 Å². The van der Waals surface area contributed by atoms with E-state index in [2.05, 4.69) is 10.3 Å². The minimum atomic E-state index is -0.790. The number of aliphatic hydroxyl groups is 1. The van der Waals surface area contributed by atoms with Crippen molar-refractivity contribution in [1.29, 1.82) is 0 Å². The predicted molar refractivity (Wildman–Crippen MR) is 137 cm³/mol. The summed E-state index contributed by atoms with van der Waals surface area (Å²) in [5.74, 6) is 3.50. The monoisotopic (exact) mass is 559 g/mol. The lowest BCUT2D eigenvalue weighted by atomic mass is 10.1. The van der Waals surface area contributed by atoms with Crippen LogP contribution in [0.25, 0.3) is 0 Å². The number of benzene rings is 2. The molecule has 9 heteroatoms. The number of methoxy groups -OCH3 is 3. The summed E-state index contributed by atoms with van der Waals surface area (Å²) in [7, 11) is 6.72. The largest absolute Gasteiger partial charge is 0.497 e. The van der Waals surface area contributed by atoms with E-state index in [1.165, 1.54) is 0 Å². The van der Waals surface area contributed by atoms with Crippen LogP contribution in [0.4, 0.5) is 0 Å². The summed E-state index contributed by atoms with van der Waals surface area (Å²) in [6, 6.07) is 12.8. The molecule has 0 aliphatic rings. The van der Waals surface area contributed by atoms with Gasteiger partial charge in [-0.2, -0.15) is 0 Å². The average Bonchev–Trinajstić information content (AvgIpc) is 2.81. The number of hydrogen-bond donors (Lipinski definition) is 2. The minimum Gasteiger partial charge on any atom is -0.497 e. The number of nitrogens with zero attached hydrogens (tertiary/aromatic N) is 2. The second-order valence-electron chi connectivity index (χ2n) is 6.80. The molecule has 32 heavy (non-hydrogen) atoms. The number of rotatable bonds is 11. The van der Waals surface area contributed by atoms with Crippen molar-refractivity contribution in [3.05, 3.63) is 48.0 Å². The zero-order chi connectivity index (χ0) is 22.6. The molecule has 0 saturated heterocycles. The number of nitrogens with one attached hydrogen (secondary N) is 1. The summed E-state index contributed by atoms with van der Waals surface area (Å²) >= 11 is 0. The van der Waals surface area contributed by atoms with E-state index in [4.69, 9.17) is 18.9 Å². The molecule has 0 aromatic heterocycles. The van der Waals surface area contributed by atoms with Gasteiger partial charge in [0.1, 0.15) is 29.6 Å². The number of guanidine groups is 1. The molecule has 0 aliphatic heterocycles. The molecule has 0 spiro atoms. The summed E-state index contributed by atoms with van der Waals surface area (Å²) in [5.41, 5.74) is 0.682. The Bertz CT molecular complexity index is 811. The highest BCUT2D eigenvalue weighted by Gasteiger charge is 2.13. The van der Waals surface area contributed by atoms with Gasteiger partial charge in [0.15, 0.2) is 5.96 Å². The minimum absolute atomic E-state index is 0. The van der Waals surface area contributed by atoms with Gasteiger partial charge in [-0.25, -0.2) is 0 Å².